The van der Waals surface area contributed by atoms with Gasteiger partial charge in [0.15, 0.2) is 0 Å². The normalized spacial score (nSPS) is 12.7. The highest BCUT2D eigenvalue weighted by Gasteiger charge is 2.25. The van der Waals surface area contributed by atoms with Crippen molar-refractivity contribution in [1.82, 2.24) is 15.3 Å². The standard InChI is InChI=1S/C18H19N3O3/c1-9(2)15(18(23)24)21-17(22)14-8-12-11-6-4-5-7-13(11)20-16(12)10(3)19-14/h4-9,15,20H,1-3H3,(H,21,22)(H,23,24). The number of nitrogens with one attached hydrogen (secondary N) is 2. The summed E-state index contributed by atoms with van der Waals surface area (Å²) in [5, 5.41) is 13.7. The number of hydrogen-bond acceptors (Lipinski definition) is 3. The number of fused-ring (bicyclic) bond motifs is 3. The third-order valence-electron chi connectivity index (χ3n) is 4.13. The fraction of sp³-hybridized carbons (Fsp3) is 0.278. The van der Waals surface area contributed by atoms with Crippen LogP contribution in [0.5, 0.6) is 0 Å². The molecule has 0 saturated carbocycles. The molecule has 3 N–H and O–H groups in total. The van der Waals surface area contributed by atoms with Crippen LogP contribution in [-0.2, 0) is 4.79 Å². The molecule has 0 aliphatic heterocycles. The van der Waals surface area contributed by atoms with Gasteiger partial charge in [-0.3, -0.25) is 4.79 Å². The Morgan fingerprint density at radius 2 is 1.92 bits per heavy atom. The number of aromatic amines is 1. The number of aliphatic carboxylic acids is 1. The van der Waals surface area contributed by atoms with E-state index in [1.54, 1.807) is 19.9 Å². The maximum absolute atomic E-state index is 12.5. The number of H-pyrrole nitrogens is 1. The molecule has 6 nitrogen and oxygen atoms in total. The van der Waals surface area contributed by atoms with Gasteiger partial charge in [-0.15, -0.1) is 0 Å². The lowest BCUT2D eigenvalue weighted by atomic mass is 10.0. The van der Waals surface area contributed by atoms with E-state index < -0.39 is 17.9 Å². The molecule has 3 aromatic rings. The van der Waals surface area contributed by atoms with Crippen molar-refractivity contribution in [2.45, 2.75) is 26.8 Å². The lowest BCUT2D eigenvalue weighted by Gasteiger charge is -2.17. The van der Waals surface area contributed by atoms with E-state index in [2.05, 4.69) is 15.3 Å². The van der Waals surface area contributed by atoms with Crippen molar-refractivity contribution in [2.75, 3.05) is 0 Å². The Kier molecular flexibility index (Phi) is 3.97. The molecule has 0 saturated heterocycles. The van der Waals surface area contributed by atoms with Crippen LogP contribution in [0.2, 0.25) is 0 Å². The second-order valence-electron chi connectivity index (χ2n) is 6.22. The lowest BCUT2D eigenvalue weighted by Crippen LogP contribution is -2.44. The minimum absolute atomic E-state index is 0.218. The maximum Gasteiger partial charge on any atom is 0.326 e. The Hall–Kier alpha value is -2.89. The number of para-hydroxylation sites is 1. The van der Waals surface area contributed by atoms with Crippen LogP contribution in [0.3, 0.4) is 0 Å². The predicted molar refractivity (Wildman–Crippen MR) is 92.1 cm³/mol. The summed E-state index contributed by atoms with van der Waals surface area (Å²) in [7, 11) is 0. The van der Waals surface area contributed by atoms with Crippen molar-refractivity contribution in [3.05, 3.63) is 41.7 Å². The fourth-order valence-corrected chi connectivity index (χ4v) is 2.85. The first-order valence-electron chi connectivity index (χ1n) is 7.80. The number of benzene rings is 1. The minimum atomic E-state index is -1.05. The summed E-state index contributed by atoms with van der Waals surface area (Å²) in [6.07, 6.45) is 0. The SMILES string of the molecule is Cc1nc(C(=O)NC(C(=O)O)C(C)C)cc2c1[nH]c1ccccc12. The summed E-state index contributed by atoms with van der Waals surface area (Å²) in [6.45, 7) is 5.33. The van der Waals surface area contributed by atoms with Crippen molar-refractivity contribution < 1.29 is 14.7 Å². The van der Waals surface area contributed by atoms with Crippen molar-refractivity contribution in [3.8, 4) is 0 Å². The molecule has 2 heterocycles. The number of aryl methyl sites for hydroxylation is 1. The van der Waals surface area contributed by atoms with E-state index in [-0.39, 0.29) is 11.6 Å². The minimum Gasteiger partial charge on any atom is -0.480 e. The van der Waals surface area contributed by atoms with Crippen molar-refractivity contribution in [2.24, 2.45) is 5.92 Å². The molecule has 0 aliphatic rings. The third-order valence-corrected chi connectivity index (χ3v) is 4.13. The predicted octanol–water partition coefficient (Wildman–Crippen LogP) is 2.86. The Labute approximate surface area is 138 Å². The number of rotatable bonds is 4. The summed E-state index contributed by atoms with van der Waals surface area (Å²) >= 11 is 0. The average Bonchev–Trinajstić information content (AvgIpc) is 2.91. The second-order valence-corrected chi connectivity index (χ2v) is 6.22. The molecule has 0 radical (unpaired) electrons. The summed E-state index contributed by atoms with van der Waals surface area (Å²) in [5.74, 6) is -1.75. The van der Waals surface area contributed by atoms with Crippen LogP contribution in [-0.4, -0.2) is 33.0 Å². The van der Waals surface area contributed by atoms with Crippen LogP contribution in [0.4, 0.5) is 0 Å². The van der Waals surface area contributed by atoms with Gasteiger partial charge in [0.1, 0.15) is 11.7 Å². The van der Waals surface area contributed by atoms with Gasteiger partial charge in [0.25, 0.3) is 5.91 Å². The fourth-order valence-electron chi connectivity index (χ4n) is 2.85. The first kappa shape index (κ1) is 16.0. The first-order chi connectivity index (χ1) is 11.4. The number of pyridine rings is 1. The molecule has 1 amide bonds. The van der Waals surface area contributed by atoms with Gasteiger partial charge in [-0.25, -0.2) is 9.78 Å². The molecular formula is C18H19N3O3. The summed E-state index contributed by atoms with van der Waals surface area (Å²) < 4.78 is 0. The van der Waals surface area contributed by atoms with Gasteiger partial charge in [-0.1, -0.05) is 32.0 Å². The number of aromatic nitrogens is 2. The first-order valence-corrected chi connectivity index (χ1v) is 7.80. The number of nitrogens with zero attached hydrogens (tertiary/aromatic N) is 1. The number of carboxylic acid groups (broad SMARTS) is 1. The molecule has 0 aliphatic carbocycles. The van der Waals surface area contributed by atoms with E-state index in [1.807, 2.05) is 31.2 Å². The molecule has 0 fully saturated rings. The van der Waals surface area contributed by atoms with Gasteiger partial charge in [0.05, 0.1) is 11.2 Å². The highest BCUT2D eigenvalue weighted by Crippen LogP contribution is 2.27. The van der Waals surface area contributed by atoms with E-state index in [1.165, 1.54) is 0 Å². The zero-order chi connectivity index (χ0) is 17.4. The Bertz CT molecular complexity index is 943. The van der Waals surface area contributed by atoms with E-state index in [4.69, 9.17) is 0 Å². The van der Waals surface area contributed by atoms with Crippen LogP contribution in [0.25, 0.3) is 21.8 Å². The summed E-state index contributed by atoms with van der Waals surface area (Å²) in [5.41, 5.74) is 2.77. The highest BCUT2D eigenvalue weighted by molar-refractivity contribution is 6.10. The van der Waals surface area contributed by atoms with Crippen LogP contribution in [0.15, 0.2) is 30.3 Å². The average molecular weight is 325 g/mol. The van der Waals surface area contributed by atoms with Crippen LogP contribution in [0, 0.1) is 12.8 Å². The van der Waals surface area contributed by atoms with Crippen LogP contribution in [0.1, 0.15) is 30.0 Å². The zero-order valence-corrected chi connectivity index (χ0v) is 13.8. The molecule has 6 heteroatoms. The summed E-state index contributed by atoms with van der Waals surface area (Å²) in [6, 6.07) is 8.57. The number of carbonyl (C=O) groups excluding carboxylic acids is 1. The van der Waals surface area contributed by atoms with E-state index >= 15 is 0 Å². The molecule has 24 heavy (non-hydrogen) atoms. The maximum atomic E-state index is 12.5. The molecule has 1 atom stereocenters. The van der Waals surface area contributed by atoms with E-state index in [0.29, 0.717) is 5.69 Å². The third kappa shape index (κ3) is 2.71. The number of carbonyl (C=O) groups is 2. The highest BCUT2D eigenvalue weighted by atomic mass is 16.4. The Balaban J connectivity index is 2.05. The number of carboxylic acids is 1. The quantitative estimate of drug-likeness (QED) is 0.687. The second kappa shape index (κ2) is 5.96. The van der Waals surface area contributed by atoms with Gasteiger partial charge in [0.2, 0.25) is 0 Å². The molecule has 1 aromatic carbocycles. The Morgan fingerprint density at radius 3 is 2.58 bits per heavy atom. The van der Waals surface area contributed by atoms with Gasteiger partial charge in [-0.05, 0) is 25.0 Å². The van der Waals surface area contributed by atoms with Crippen molar-refractivity contribution in [3.63, 3.8) is 0 Å². The monoisotopic (exact) mass is 325 g/mol. The lowest BCUT2D eigenvalue weighted by molar-refractivity contribution is -0.140. The summed E-state index contributed by atoms with van der Waals surface area (Å²) in [4.78, 5) is 31.4. The molecule has 0 bridgehead atoms. The van der Waals surface area contributed by atoms with Gasteiger partial charge < -0.3 is 15.4 Å². The van der Waals surface area contributed by atoms with Crippen molar-refractivity contribution >= 4 is 33.7 Å². The van der Waals surface area contributed by atoms with Crippen LogP contribution >= 0.6 is 0 Å². The van der Waals surface area contributed by atoms with Crippen LogP contribution < -0.4 is 5.32 Å². The molecular weight excluding hydrogens is 306 g/mol. The smallest absolute Gasteiger partial charge is 0.326 e. The molecule has 0 spiro atoms. The van der Waals surface area contributed by atoms with E-state index in [0.717, 1.165) is 21.8 Å². The van der Waals surface area contributed by atoms with E-state index in [9.17, 15) is 14.7 Å². The number of hydrogen-bond donors (Lipinski definition) is 3. The zero-order valence-electron chi connectivity index (χ0n) is 13.8. The van der Waals surface area contributed by atoms with Gasteiger partial charge >= 0.3 is 5.97 Å². The number of amides is 1. The van der Waals surface area contributed by atoms with Gasteiger partial charge in [0, 0.05) is 16.3 Å². The van der Waals surface area contributed by atoms with Gasteiger partial charge in [-0.2, -0.15) is 0 Å². The topological polar surface area (TPSA) is 95.1 Å². The molecule has 1 unspecified atom stereocenters. The Morgan fingerprint density at radius 1 is 1.21 bits per heavy atom. The molecule has 124 valence electrons. The molecule has 3 rings (SSSR count). The van der Waals surface area contributed by atoms with Crippen molar-refractivity contribution in [1.29, 1.82) is 0 Å². The molecule has 2 aromatic heterocycles. The largest absolute Gasteiger partial charge is 0.480 e.